The Morgan fingerprint density at radius 1 is 0.962 bits per heavy atom. The van der Waals surface area contributed by atoms with Crippen LogP contribution in [-0.4, -0.2) is 19.0 Å². The van der Waals surface area contributed by atoms with Gasteiger partial charge in [0.25, 0.3) is 0 Å². The Labute approximate surface area is 156 Å². The summed E-state index contributed by atoms with van der Waals surface area (Å²) in [6.45, 7) is 1.99. The Morgan fingerprint density at radius 3 is 2.38 bits per heavy atom. The molecule has 26 heavy (non-hydrogen) atoms. The number of rotatable bonds is 7. The second-order valence-electron chi connectivity index (χ2n) is 6.80. The standard InChI is InChI=1S/C22H29N3O/c1-23-22(25-21-13-7-8-14-21)24-15-19-11-5-6-12-20(19)17-26-16-18-9-3-2-4-10-18/h2-6,9-12,21H,7-8,13-17H2,1H3,(H2,23,24,25). The van der Waals surface area contributed by atoms with Gasteiger partial charge in [-0.2, -0.15) is 0 Å². The molecule has 1 aliphatic carbocycles. The molecule has 1 fully saturated rings. The number of aliphatic imine (C=N–C) groups is 1. The fourth-order valence-corrected chi connectivity index (χ4v) is 3.36. The normalized spacial score (nSPS) is 15.2. The van der Waals surface area contributed by atoms with Crippen LogP contribution in [0.5, 0.6) is 0 Å². The molecule has 0 heterocycles. The van der Waals surface area contributed by atoms with E-state index in [-0.39, 0.29) is 0 Å². The molecule has 0 aromatic heterocycles. The molecule has 4 heteroatoms. The number of benzene rings is 2. The van der Waals surface area contributed by atoms with E-state index in [0.717, 1.165) is 12.5 Å². The molecule has 2 aromatic rings. The van der Waals surface area contributed by atoms with Crippen molar-refractivity contribution in [1.29, 1.82) is 0 Å². The van der Waals surface area contributed by atoms with E-state index in [2.05, 4.69) is 52.0 Å². The molecule has 4 nitrogen and oxygen atoms in total. The summed E-state index contributed by atoms with van der Waals surface area (Å²) in [5, 5.41) is 6.97. The first-order valence-electron chi connectivity index (χ1n) is 9.51. The van der Waals surface area contributed by atoms with E-state index in [1.807, 2.05) is 25.2 Å². The molecule has 0 atom stereocenters. The number of hydrogen-bond acceptors (Lipinski definition) is 2. The van der Waals surface area contributed by atoms with Crippen LogP contribution in [0.1, 0.15) is 42.4 Å². The lowest BCUT2D eigenvalue weighted by molar-refractivity contribution is 0.106. The van der Waals surface area contributed by atoms with Gasteiger partial charge in [0.15, 0.2) is 5.96 Å². The van der Waals surface area contributed by atoms with Crippen molar-refractivity contribution in [2.24, 2.45) is 4.99 Å². The second kappa shape index (κ2) is 9.97. The van der Waals surface area contributed by atoms with Gasteiger partial charge in [0.1, 0.15) is 0 Å². The van der Waals surface area contributed by atoms with Gasteiger partial charge in [-0.15, -0.1) is 0 Å². The molecule has 0 aliphatic heterocycles. The zero-order chi connectivity index (χ0) is 18.0. The molecule has 0 radical (unpaired) electrons. The van der Waals surface area contributed by atoms with Gasteiger partial charge in [0.05, 0.1) is 13.2 Å². The molecule has 2 N–H and O–H groups in total. The highest BCUT2D eigenvalue weighted by molar-refractivity contribution is 5.80. The summed E-state index contributed by atoms with van der Waals surface area (Å²) < 4.78 is 5.91. The minimum atomic E-state index is 0.561. The third-order valence-electron chi connectivity index (χ3n) is 4.85. The predicted octanol–water partition coefficient (Wildman–Crippen LogP) is 4.01. The third kappa shape index (κ3) is 5.60. The third-order valence-corrected chi connectivity index (χ3v) is 4.85. The zero-order valence-corrected chi connectivity index (χ0v) is 15.6. The molecule has 3 rings (SSSR count). The summed E-state index contributed by atoms with van der Waals surface area (Å²) >= 11 is 0. The first-order chi connectivity index (χ1) is 12.8. The molecule has 2 aromatic carbocycles. The van der Waals surface area contributed by atoms with Gasteiger partial charge in [-0.05, 0) is 29.5 Å². The smallest absolute Gasteiger partial charge is 0.191 e. The molecule has 0 bridgehead atoms. The predicted molar refractivity (Wildman–Crippen MR) is 107 cm³/mol. The van der Waals surface area contributed by atoms with Crippen LogP contribution in [0.4, 0.5) is 0 Å². The van der Waals surface area contributed by atoms with Gasteiger partial charge in [-0.1, -0.05) is 67.4 Å². The van der Waals surface area contributed by atoms with Crippen molar-refractivity contribution >= 4 is 5.96 Å². The maximum atomic E-state index is 5.91. The molecular weight excluding hydrogens is 322 g/mol. The number of ether oxygens (including phenoxy) is 1. The summed E-state index contributed by atoms with van der Waals surface area (Å²) in [6, 6.07) is 19.3. The van der Waals surface area contributed by atoms with E-state index in [9.17, 15) is 0 Å². The first-order valence-corrected chi connectivity index (χ1v) is 9.51. The fourth-order valence-electron chi connectivity index (χ4n) is 3.36. The molecule has 1 saturated carbocycles. The number of guanidine groups is 1. The number of nitrogens with one attached hydrogen (secondary N) is 2. The van der Waals surface area contributed by atoms with Crippen LogP contribution in [0.25, 0.3) is 0 Å². The van der Waals surface area contributed by atoms with Gasteiger partial charge < -0.3 is 15.4 Å². The van der Waals surface area contributed by atoms with Crippen LogP contribution in [0.15, 0.2) is 59.6 Å². The van der Waals surface area contributed by atoms with E-state index >= 15 is 0 Å². The summed E-state index contributed by atoms with van der Waals surface area (Å²) in [5.74, 6) is 0.886. The van der Waals surface area contributed by atoms with Crippen LogP contribution in [0.2, 0.25) is 0 Å². The van der Waals surface area contributed by atoms with Gasteiger partial charge >= 0.3 is 0 Å². The van der Waals surface area contributed by atoms with E-state index in [1.54, 1.807) is 0 Å². The minimum Gasteiger partial charge on any atom is -0.372 e. The molecular formula is C22H29N3O. The van der Waals surface area contributed by atoms with E-state index in [4.69, 9.17) is 4.74 Å². The van der Waals surface area contributed by atoms with Crippen LogP contribution in [0, 0.1) is 0 Å². The SMILES string of the molecule is CN=C(NCc1ccccc1COCc1ccccc1)NC1CCCC1. The maximum Gasteiger partial charge on any atom is 0.191 e. The lowest BCUT2D eigenvalue weighted by atomic mass is 10.1. The lowest BCUT2D eigenvalue weighted by Crippen LogP contribution is -2.42. The Hall–Kier alpha value is -2.33. The van der Waals surface area contributed by atoms with Crippen molar-refractivity contribution in [1.82, 2.24) is 10.6 Å². The van der Waals surface area contributed by atoms with Crippen LogP contribution in [-0.2, 0) is 24.5 Å². The summed E-state index contributed by atoms with van der Waals surface area (Å²) in [6.07, 6.45) is 5.11. The number of hydrogen-bond donors (Lipinski definition) is 2. The van der Waals surface area contributed by atoms with E-state index in [0.29, 0.717) is 19.3 Å². The topological polar surface area (TPSA) is 45.7 Å². The van der Waals surface area contributed by atoms with Crippen molar-refractivity contribution in [3.8, 4) is 0 Å². The zero-order valence-electron chi connectivity index (χ0n) is 15.6. The first kappa shape index (κ1) is 18.5. The Kier molecular flexibility index (Phi) is 7.08. The molecule has 0 unspecified atom stereocenters. The Bertz CT molecular complexity index is 694. The molecule has 138 valence electrons. The molecule has 1 aliphatic rings. The monoisotopic (exact) mass is 351 g/mol. The highest BCUT2D eigenvalue weighted by Gasteiger charge is 2.15. The van der Waals surface area contributed by atoms with Gasteiger partial charge in [0, 0.05) is 19.6 Å². The van der Waals surface area contributed by atoms with Crippen LogP contribution < -0.4 is 10.6 Å². The fraction of sp³-hybridized carbons (Fsp3) is 0.409. The summed E-state index contributed by atoms with van der Waals surface area (Å²) in [7, 11) is 1.83. The second-order valence-corrected chi connectivity index (χ2v) is 6.80. The van der Waals surface area contributed by atoms with Crippen molar-refractivity contribution in [3.05, 3.63) is 71.3 Å². The largest absolute Gasteiger partial charge is 0.372 e. The van der Waals surface area contributed by atoms with Gasteiger partial charge in [-0.3, -0.25) is 4.99 Å². The quantitative estimate of drug-likeness (QED) is 0.585. The summed E-state index contributed by atoms with van der Waals surface area (Å²) in [4.78, 5) is 4.36. The van der Waals surface area contributed by atoms with Gasteiger partial charge in [-0.25, -0.2) is 0 Å². The van der Waals surface area contributed by atoms with E-state index < -0.39 is 0 Å². The Morgan fingerprint density at radius 2 is 1.65 bits per heavy atom. The molecule has 0 amide bonds. The average Bonchev–Trinajstić information content (AvgIpc) is 3.20. The van der Waals surface area contributed by atoms with Crippen LogP contribution >= 0.6 is 0 Å². The molecule has 0 spiro atoms. The lowest BCUT2D eigenvalue weighted by Gasteiger charge is -2.18. The highest BCUT2D eigenvalue weighted by Crippen LogP contribution is 2.17. The van der Waals surface area contributed by atoms with Crippen molar-refractivity contribution in [2.45, 2.75) is 51.5 Å². The Balaban J connectivity index is 1.51. The van der Waals surface area contributed by atoms with Crippen LogP contribution in [0.3, 0.4) is 0 Å². The molecule has 0 saturated heterocycles. The van der Waals surface area contributed by atoms with Crippen molar-refractivity contribution in [2.75, 3.05) is 7.05 Å². The minimum absolute atomic E-state index is 0.561. The summed E-state index contributed by atoms with van der Waals surface area (Å²) in [5.41, 5.74) is 3.66. The maximum absolute atomic E-state index is 5.91. The average molecular weight is 351 g/mol. The number of nitrogens with zero attached hydrogens (tertiary/aromatic N) is 1. The van der Waals surface area contributed by atoms with Crippen molar-refractivity contribution < 1.29 is 4.74 Å². The highest BCUT2D eigenvalue weighted by atomic mass is 16.5. The van der Waals surface area contributed by atoms with Crippen molar-refractivity contribution in [3.63, 3.8) is 0 Å². The van der Waals surface area contributed by atoms with Gasteiger partial charge in [0.2, 0.25) is 0 Å². The van der Waals surface area contributed by atoms with E-state index in [1.165, 1.54) is 42.4 Å².